The number of pyridine rings is 2. The molecular weight excluding hydrogens is 323 g/mol. The average Bonchev–Trinajstić information content (AvgIpc) is 3.27. The number of rotatable bonds is 4. The van der Waals surface area contributed by atoms with E-state index in [0.29, 0.717) is 18.1 Å². The number of amides is 1. The lowest BCUT2D eigenvalue weighted by Gasteiger charge is -2.08. The lowest BCUT2D eigenvalue weighted by atomic mass is 10.2. The molecule has 1 N–H and O–H groups in total. The van der Waals surface area contributed by atoms with E-state index < -0.39 is 12.1 Å². The molecule has 0 saturated heterocycles. The van der Waals surface area contributed by atoms with E-state index in [9.17, 15) is 9.18 Å². The van der Waals surface area contributed by atoms with Crippen LogP contribution in [0.3, 0.4) is 0 Å². The van der Waals surface area contributed by atoms with Gasteiger partial charge in [-0.3, -0.25) is 4.79 Å². The summed E-state index contributed by atoms with van der Waals surface area (Å²) in [6.07, 6.45) is 2.64. The van der Waals surface area contributed by atoms with Crippen molar-refractivity contribution in [2.75, 3.05) is 12.4 Å². The molecule has 2 atom stereocenters. The van der Waals surface area contributed by atoms with Crippen LogP contribution >= 0.6 is 0 Å². The highest BCUT2D eigenvalue weighted by Gasteiger charge is 2.43. The molecule has 1 aliphatic rings. The Kier molecular flexibility index (Phi) is 3.63. The van der Waals surface area contributed by atoms with Crippen molar-refractivity contribution >= 4 is 22.6 Å². The Labute approximate surface area is 143 Å². The lowest BCUT2D eigenvalue weighted by Crippen LogP contribution is -2.15. The number of carbonyl (C=O) groups is 1. The topological polar surface area (TPSA) is 69.0 Å². The van der Waals surface area contributed by atoms with Gasteiger partial charge in [-0.2, -0.15) is 0 Å². The van der Waals surface area contributed by atoms with Gasteiger partial charge < -0.3 is 14.6 Å². The first kappa shape index (κ1) is 15.6. The zero-order chi connectivity index (χ0) is 17.6. The SMILES string of the molecule is COc1ncccc1-c1cc2cc(NC(=O)C3C[C@@H]3F)ncc2n1C. The number of aryl methyl sites for hydroxylation is 1. The normalized spacial score (nSPS) is 19.0. The minimum atomic E-state index is -1.02. The predicted molar refractivity (Wildman–Crippen MR) is 92.1 cm³/mol. The standard InChI is InChI=1S/C18H17FN4O2/c1-23-14(11-4-3-5-20-18(11)25-2)6-10-7-16(21-9-15(10)23)22-17(24)12-8-13(12)19/h3-7,9,12-13H,8H2,1-2H3,(H,21,22,24)/t12?,13-/m0/s1. The molecule has 1 saturated carbocycles. The lowest BCUT2D eigenvalue weighted by molar-refractivity contribution is -0.117. The summed E-state index contributed by atoms with van der Waals surface area (Å²) in [5.74, 6) is 0.109. The van der Waals surface area contributed by atoms with Gasteiger partial charge in [0.2, 0.25) is 11.8 Å². The fraction of sp³-hybridized carbons (Fsp3) is 0.278. The molecule has 1 unspecified atom stereocenters. The van der Waals surface area contributed by atoms with E-state index in [1.807, 2.05) is 29.8 Å². The van der Waals surface area contributed by atoms with Crippen molar-refractivity contribution in [1.29, 1.82) is 0 Å². The first-order valence-corrected chi connectivity index (χ1v) is 7.98. The van der Waals surface area contributed by atoms with E-state index in [1.165, 1.54) is 0 Å². The number of aromatic nitrogens is 3. The van der Waals surface area contributed by atoms with E-state index in [4.69, 9.17) is 4.74 Å². The highest BCUT2D eigenvalue weighted by molar-refractivity contribution is 5.96. The van der Waals surface area contributed by atoms with Crippen LogP contribution in [0, 0.1) is 5.92 Å². The molecule has 0 aliphatic heterocycles. The summed E-state index contributed by atoms with van der Waals surface area (Å²) >= 11 is 0. The molecule has 0 radical (unpaired) electrons. The summed E-state index contributed by atoms with van der Waals surface area (Å²) in [5, 5.41) is 3.60. The van der Waals surface area contributed by atoms with Crippen LogP contribution in [0.5, 0.6) is 5.88 Å². The van der Waals surface area contributed by atoms with Gasteiger partial charge >= 0.3 is 0 Å². The van der Waals surface area contributed by atoms with Crippen LogP contribution < -0.4 is 10.1 Å². The molecule has 25 heavy (non-hydrogen) atoms. The number of hydrogen-bond acceptors (Lipinski definition) is 4. The second kappa shape index (κ2) is 5.84. The Bertz CT molecular complexity index is 969. The Morgan fingerprint density at radius 1 is 1.40 bits per heavy atom. The Morgan fingerprint density at radius 3 is 2.92 bits per heavy atom. The summed E-state index contributed by atoms with van der Waals surface area (Å²) in [6, 6.07) is 7.56. The molecule has 128 valence electrons. The first-order valence-electron chi connectivity index (χ1n) is 7.98. The zero-order valence-electron chi connectivity index (χ0n) is 13.9. The number of anilines is 1. The van der Waals surface area contributed by atoms with E-state index in [-0.39, 0.29) is 5.91 Å². The summed E-state index contributed by atoms with van der Waals surface area (Å²) in [4.78, 5) is 20.4. The average molecular weight is 340 g/mol. The molecule has 0 spiro atoms. The van der Waals surface area contributed by atoms with Crippen LogP contribution in [-0.4, -0.2) is 33.7 Å². The molecule has 1 aliphatic carbocycles. The highest BCUT2D eigenvalue weighted by Crippen LogP contribution is 2.35. The van der Waals surface area contributed by atoms with E-state index >= 15 is 0 Å². The van der Waals surface area contributed by atoms with Gasteiger partial charge in [0.05, 0.1) is 36.0 Å². The van der Waals surface area contributed by atoms with Gasteiger partial charge in [-0.25, -0.2) is 14.4 Å². The van der Waals surface area contributed by atoms with Gasteiger partial charge in [-0.1, -0.05) is 0 Å². The van der Waals surface area contributed by atoms with Crippen LogP contribution in [0.25, 0.3) is 22.2 Å². The van der Waals surface area contributed by atoms with Crippen molar-refractivity contribution in [2.45, 2.75) is 12.6 Å². The van der Waals surface area contributed by atoms with E-state index in [1.54, 1.807) is 25.6 Å². The molecule has 0 bridgehead atoms. The largest absolute Gasteiger partial charge is 0.481 e. The number of hydrogen-bond donors (Lipinski definition) is 1. The maximum atomic E-state index is 13.0. The van der Waals surface area contributed by atoms with Gasteiger partial charge in [0.1, 0.15) is 12.0 Å². The third-order valence-corrected chi connectivity index (χ3v) is 4.47. The third kappa shape index (κ3) is 2.71. The minimum absolute atomic E-state index is 0.296. The molecular formula is C18H17FN4O2. The Hall–Kier alpha value is -2.96. The number of methoxy groups -OCH3 is 1. The second-order valence-corrected chi connectivity index (χ2v) is 6.12. The quantitative estimate of drug-likeness (QED) is 0.793. The molecule has 6 nitrogen and oxygen atoms in total. The van der Waals surface area contributed by atoms with Crippen LogP contribution in [0.1, 0.15) is 6.42 Å². The number of nitrogens with one attached hydrogen (secondary N) is 1. The van der Waals surface area contributed by atoms with Gasteiger partial charge in [0, 0.05) is 18.6 Å². The Morgan fingerprint density at radius 2 is 2.20 bits per heavy atom. The highest BCUT2D eigenvalue weighted by atomic mass is 19.1. The number of fused-ring (bicyclic) bond motifs is 1. The molecule has 3 aromatic rings. The van der Waals surface area contributed by atoms with Crippen molar-refractivity contribution < 1.29 is 13.9 Å². The fourth-order valence-corrected chi connectivity index (χ4v) is 2.96. The van der Waals surface area contributed by atoms with Crippen LogP contribution in [0.15, 0.2) is 36.7 Å². The van der Waals surface area contributed by atoms with Gasteiger partial charge in [0.15, 0.2) is 0 Å². The van der Waals surface area contributed by atoms with E-state index in [0.717, 1.165) is 22.2 Å². The van der Waals surface area contributed by atoms with Crippen molar-refractivity contribution in [3.05, 3.63) is 36.7 Å². The summed E-state index contributed by atoms with van der Waals surface area (Å²) < 4.78 is 20.3. The smallest absolute Gasteiger partial charge is 0.231 e. The molecule has 0 aromatic carbocycles. The monoisotopic (exact) mass is 340 g/mol. The van der Waals surface area contributed by atoms with Crippen molar-refractivity contribution in [2.24, 2.45) is 13.0 Å². The molecule has 7 heteroatoms. The van der Waals surface area contributed by atoms with E-state index in [2.05, 4.69) is 15.3 Å². The van der Waals surface area contributed by atoms with Crippen LogP contribution in [0.2, 0.25) is 0 Å². The minimum Gasteiger partial charge on any atom is -0.481 e. The van der Waals surface area contributed by atoms with Crippen LogP contribution in [0.4, 0.5) is 10.2 Å². The fourth-order valence-electron chi connectivity index (χ4n) is 2.96. The summed E-state index contributed by atoms with van der Waals surface area (Å²) in [6.45, 7) is 0. The Balaban J connectivity index is 1.71. The molecule has 4 rings (SSSR count). The molecule has 3 heterocycles. The zero-order valence-corrected chi connectivity index (χ0v) is 13.9. The second-order valence-electron chi connectivity index (χ2n) is 6.12. The summed E-state index contributed by atoms with van der Waals surface area (Å²) in [5.41, 5.74) is 2.71. The maximum Gasteiger partial charge on any atom is 0.231 e. The van der Waals surface area contributed by atoms with Gasteiger partial charge in [-0.05, 0) is 30.7 Å². The van der Waals surface area contributed by atoms with Crippen molar-refractivity contribution in [3.8, 4) is 17.1 Å². The number of ether oxygens (including phenoxy) is 1. The van der Waals surface area contributed by atoms with Crippen molar-refractivity contribution in [3.63, 3.8) is 0 Å². The van der Waals surface area contributed by atoms with Crippen LogP contribution in [-0.2, 0) is 11.8 Å². The first-order chi connectivity index (χ1) is 12.1. The van der Waals surface area contributed by atoms with Gasteiger partial charge in [0.25, 0.3) is 0 Å². The maximum absolute atomic E-state index is 13.0. The third-order valence-electron chi connectivity index (χ3n) is 4.47. The molecule has 1 amide bonds. The number of nitrogens with zero attached hydrogens (tertiary/aromatic N) is 3. The number of alkyl halides is 1. The van der Waals surface area contributed by atoms with Crippen molar-refractivity contribution in [1.82, 2.24) is 14.5 Å². The van der Waals surface area contributed by atoms with Gasteiger partial charge in [-0.15, -0.1) is 0 Å². The number of carbonyl (C=O) groups excluding carboxylic acids is 1. The predicted octanol–water partition coefficient (Wildman–Crippen LogP) is 2.94. The molecule has 1 fully saturated rings. The number of halogens is 1. The molecule has 3 aromatic heterocycles. The summed E-state index contributed by atoms with van der Waals surface area (Å²) in [7, 11) is 3.52.